The van der Waals surface area contributed by atoms with Gasteiger partial charge >= 0.3 is 0 Å². The summed E-state index contributed by atoms with van der Waals surface area (Å²) in [6.45, 7) is 2.50. The molecule has 8 nitrogen and oxygen atoms in total. The summed E-state index contributed by atoms with van der Waals surface area (Å²) in [5, 5.41) is 5.12. The predicted octanol–water partition coefficient (Wildman–Crippen LogP) is 2.67. The Labute approximate surface area is 173 Å². The first kappa shape index (κ1) is 21.0. The Morgan fingerprint density at radius 3 is 2.30 bits per heavy atom. The predicted molar refractivity (Wildman–Crippen MR) is 113 cm³/mol. The van der Waals surface area contributed by atoms with Gasteiger partial charge in [0.25, 0.3) is 17.4 Å². The molecule has 0 spiro atoms. The molecule has 2 N–H and O–H groups in total. The minimum Gasteiger partial charge on any atom is -0.497 e. The number of nitrogens with one attached hydrogen (secondary N) is 2. The first-order chi connectivity index (χ1) is 14.5. The molecule has 2 aromatic carbocycles. The SMILES string of the molecule is CCCCCn1nc(C(=O)NNC(=O)c2ccc(OC)cc2)c2ccccc2c1=O. The first-order valence-corrected chi connectivity index (χ1v) is 9.79. The maximum Gasteiger partial charge on any atom is 0.290 e. The van der Waals surface area contributed by atoms with Crippen LogP contribution in [0.2, 0.25) is 0 Å². The molecule has 0 bridgehead atoms. The summed E-state index contributed by atoms with van der Waals surface area (Å²) in [6, 6.07) is 13.3. The van der Waals surface area contributed by atoms with E-state index in [1.54, 1.807) is 48.5 Å². The van der Waals surface area contributed by atoms with Crippen molar-refractivity contribution in [3.05, 3.63) is 70.1 Å². The van der Waals surface area contributed by atoms with Crippen LogP contribution in [0.3, 0.4) is 0 Å². The number of aryl methyl sites for hydroxylation is 1. The molecule has 0 aliphatic rings. The zero-order valence-electron chi connectivity index (χ0n) is 17.0. The molecule has 156 valence electrons. The number of fused-ring (bicyclic) bond motifs is 1. The highest BCUT2D eigenvalue weighted by Gasteiger charge is 2.17. The van der Waals surface area contributed by atoms with E-state index in [9.17, 15) is 14.4 Å². The van der Waals surface area contributed by atoms with E-state index in [1.807, 2.05) is 0 Å². The Bertz CT molecular complexity index is 1110. The van der Waals surface area contributed by atoms with Crippen molar-refractivity contribution >= 4 is 22.6 Å². The average Bonchev–Trinajstić information content (AvgIpc) is 2.79. The Balaban J connectivity index is 1.81. The van der Waals surface area contributed by atoms with E-state index < -0.39 is 11.8 Å². The van der Waals surface area contributed by atoms with Crippen molar-refractivity contribution in [3.8, 4) is 5.75 Å². The number of hydrogen-bond donors (Lipinski definition) is 2. The average molecular weight is 408 g/mol. The van der Waals surface area contributed by atoms with Crippen molar-refractivity contribution in [2.45, 2.75) is 32.7 Å². The van der Waals surface area contributed by atoms with Crippen LogP contribution in [0.4, 0.5) is 0 Å². The van der Waals surface area contributed by atoms with E-state index in [4.69, 9.17) is 4.74 Å². The summed E-state index contributed by atoms with van der Waals surface area (Å²) in [4.78, 5) is 37.8. The van der Waals surface area contributed by atoms with E-state index in [1.165, 1.54) is 11.8 Å². The number of hydrazine groups is 1. The second-order valence-electron chi connectivity index (χ2n) is 6.77. The minimum absolute atomic E-state index is 0.0803. The summed E-state index contributed by atoms with van der Waals surface area (Å²) < 4.78 is 6.38. The molecule has 30 heavy (non-hydrogen) atoms. The fourth-order valence-corrected chi connectivity index (χ4v) is 3.05. The molecule has 0 unspecified atom stereocenters. The third kappa shape index (κ3) is 4.65. The molecule has 0 aliphatic carbocycles. The number of unbranched alkanes of at least 4 members (excludes halogenated alkanes) is 2. The molecule has 1 heterocycles. The Hall–Kier alpha value is -3.68. The smallest absolute Gasteiger partial charge is 0.290 e. The number of amides is 2. The lowest BCUT2D eigenvalue weighted by atomic mass is 10.1. The molecule has 2 amide bonds. The summed E-state index contributed by atoms with van der Waals surface area (Å²) in [5.74, 6) is -0.458. The number of methoxy groups -OCH3 is 1. The number of hydrogen-bond acceptors (Lipinski definition) is 5. The van der Waals surface area contributed by atoms with E-state index in [0.717, 1.165) is 19.3 Å². The van der Waals surface area contributed by atoms with Crippen LogP contribution in [0.1, 0.15) is 47.0 Å². The zero-order chi connectivity index (χ0) is 21.5. The quantitative estimate of drug-likeness (QED) is 0.462. The van der Waals surface area contributed by atoms with Gasteiger partial charge in [-0.3, -0.25) is 25.2 Å². The molecule has 0 radical (unpaired) electrons. The highest BCUT2D eigenvalue weighted by Crippen LogP contribution is 2.14. The molecule has 0 saturated heterocycles. The number of benzene rings is 2. The summed E-state index contributed by atoms with van der Waals surface area (Å²) in [6.07, 6.45) is 2.75. The molecular formula is C22H24N4O4. The number of carbonyl (C=O) groups excluding carboxylic acids is 2. The molecule has 0 saturated carbocycles. The lowest BCUT2D eigenvalue weighted by Gasteiger charge is -2.12. The van der Waals surface area contributed by atoms with Gasteiger partial charge in [0.2, 0.25) is 0 Å². The number of aromatic nitrogens is 2. The second-order valence-corrected chi connectivity index (χ2v) is 6.77. The lowest BCUT2D eigenvalue weighted by molar-refractivity contribution is 0.0843. The van der Waals surface area contributed by atoms with Crippen molar-refractivity contribution in [2.24, 2.45) is 0 Å². The van der Waals surface area contributed by atoms with E-state index in [-0.39, 0.29) is 11.3 Å². The van der Waals surface area contributed by atoms with Gasteiger partial charge in [0.1, 0.15) is 5.75 Å². The van der Waals surface area contributed by atoms with Gasteiger partial charge < -0.3 is 4.74 Å². The third-order valence-electron chi connectivity index (χ3n) is 4.70. The lowest BCUT2D eigenvalue weighted by Crippen LogP contribution is -2.42. The zero-order valence-corrected chi connectivity index (χ0v) is 17.0. The Morgan fingerprint density at radius 1 is 0.967 bits per heavy atom. The minimum atomic E-state index is -0.600. The number of ether oxygens (including phenoxy) is 1. The van der Waals surface area contributed by atoms with Gasteiger partial charge in [-0.25, -0.2) is 4.68 Å². The van der Waals surface area contributed by atoms with Gasteiger partial charge in [0.15, 0.2) is 5.69 Å². The molecule has 3 aromatic rings. The molecule has 8 heteroatoms. The first-order valence-electron chi connectivity index (χ1n) is 9.79. The fraction of sp³-hybridized carbons (Fsp3) is 0.273. The largest absolute Gasteiger partial charge is 0.497 e. The van der Waals surface area contributed by atoms with Crippen LogP contribution >= 0.6 is 0 Å². The second kappa shape index (κ2) is 9.69. The van der Waals surface area contributed by atoms with Gasteiger partial charge in [-0.2, -0.15) is 5.10 Å². The van der Waals surface area contributed by atoms with Gasteiger partial charge in [-0.1, -0.05) is 38.0 Å². The highest BCUT2D eigenvalue weighted by atomic mass is 16.5. The maximum atomic E-state index is 12.8. The van der Waals surface area contributed by atoms with E-state index in [2.05, 4.69) is 22.9 Å². The van der Waals surface area contributed by atoms with Crippen LogP contribution in [-0.2, 0) is 6.54 Å². The molecule has 0 aliphatic heterocycles. The molecule has 3 rings (SSSR count). The number of carbonyl (C=O) groups is 2. The van der Waals surface area contributed by atoms with E-state index >= 15 is 0 Å². The van der Waals surface area contributed by atoms with Crippen molar-refractivity contribution in [3.63, 3.8) is 0 Å². The van der Waals surface area contributed by atoms with Crippen molar-refractivity contribution in [1.29, 1.82) is 0 Å². The van der Waals surface area contributed by atoms with Crippen LogP contribution in [0.15, 0.2) is 53.3 Å². The summed E-state index contributed by atoms with van der Waals surface area (Å²) in [5.41, 5.74) is 4.97. The maximum absolute atomic E-state index is 12.8. The molecular weight excluding hydrogens is 384 g/mol. The van der Waals surface area contributed by atoms with Crippen molar-refractivity contribution < 1.29 is 14.3 Å². The number of rotatable bonds is 7. The van der Waals surface area contributed by atoms with Gasteiger partial charge in [0.05, 0.1) is 12.5 Å². The van der Waals surface area contributed by atoms with Gasteiger partial charge in [-0.15, -0.1) is 0 Å². The standard InChI is InChI=1S/C22H24N4O4/c1-3-4-7-14-26-22(29)18-9-6-5-8-17(18)19(25-26)21(28)24-23-20(27)15-10-12-16(30-2)13-11-15/h5-6,8-13H,3-4,7,14H2,1-2H3,(H,23,27)(H,24,28). The molecule has 0 fully saturated rings. The van der Waals surface area contributed by atoms with Gasteiger partial charge in [-0.05, 0) is 36.8 Å². The Kier molecular flexibility index (Phi) is 6.79. The van der Waals surface area contributed by atoms with E-state index in [0.29, 0.717) is 28.6 Å². The van der Waals surface area contributed by atoms with Crippen LogP contribution in [0.25, 0.3) is 10.8 Å². The Morgan fingerprint density at radius 2 is 1.63 bits per heavy atom. The van der Waals surface area contributed by atoms with Crippen LogP contribution < -0.4 is 21.1 Å². The van der Waals surface area contributed by atoms with Gasteiger partial charge in [0, 0.05) is 17.5 Å². The monoisotopic (exact) mass is 408 g/mol. The normalized spacial score (nSPS) is 10.6. The third-order valence-corrected chi connectivity index (χ3v) is 4.70. The summed E-state index contributed by atoms with van der Waals surface area (Å²) >= 11 is 0. The number of nitrogens with zero attached hydrogens (tertiary/aromatic N) is 2. The molecule has 1 aromatic heterocycles. The summed E-state index contributed by atoms with van der Waals surface area (Å²) in [7, 11) is 1.54. The van der Waals surface area contributed by atoms with Crippen LogP contribution in [0.5, 0.6) is 5.75 Å². The van der Waals surface area contributed by atoms with Crippen LogP contribution in [-0.4, -0.2) is 28.7 Å². The fourth-order valence-electron chi connectivity index (χ4n) is 3.05. The van der Waals surface area contributed by atoms with Crippen molar-refractivity contribution in [2.75, 3.05) is 7.11 Å². The van der Waals surface area contributed by atoms with Crippen LogP contribution in [0, 0.1) is 0 Å². The highest BCUT2D eigenvalue weighted by molar-refractivity contribution is 6.06. The topological polar surface area (TPSA) is 102 Å². The molecule has 0 atom stereocenters. The van der Waals surface area contributed by atoms with Crippen molar-refractivity contribution in [1.82, 2.24) is 20.6 Å².